The Morgan fingerprint density at radius 2 is 2.26 bits per heavy atom. The van der Waals surface area contributed by atoms with Crippen LogP contribution in [0.1, 0.15) is 12.8 Å². The van der Waals surface area contributed by atoms with Crippen molar-refractivity contribution in [2.24, 2.45) is 5.92 Å². The topological polar surface area (TPSA) is 45.2 Å². The van der Waals surface area contributed by atoms with Crippen LogP contribution in [0.25, 0.3) is 11.3 Å². The van der Waals surface area contributed by atoms with Crippen molar-refractivity contribution in [3.05, 3.63) is 35.2 Å². The van der Waals surface area contributed by atoms with E-state index in [0.29, 0.717) is 5.92 Å². The number of rotatable bonds is 4. The maximum atomic E-state index is 12.4. The first-order valence-corrected chi connectivity index (χ1v) is 10.1. The van der Waals surface area contributed by atoms with E-state index >= 15 is 0 Å². The average molecular weight is 348 g/mol. The van der Waals surface area contributed by atoms with Gasteiger partial charge in [0.2, 0.25) is 0 Å². The molecule has 2 aromatic rings. The number of nitrogens with one attached hydrogen (secondary N) is 1. The number of hydrogen-bond acceptors (Lipinski definition) is 4. The maximum absolute atomic E-state index is 12.4. The van der Waals surface area contributed by atoms with Crippen molar-refractivity contribution in [1.29, 1.82) is 0 Å². The van der Waals surface area contributed by atoms with Gasteiger partial charge in [-0.1, -0.05) is 12.1 Å². The Labute approximate surface area is 145 Å². The minimum Gasteiger partial charge on any atom is -0.324 e. The van der Waals surface area contributed by atoms with Crippen molar-refractivity contribution in [2.75, 3.05) is 30.4 Å². The molecule has 2 heterocycles. The van der Waals surface area contributed by atoms with E-state index in [1.54, 1.807) is 11.3 Å². The van der Waals surface area contributed by atoms with E-state index in [4.69, 9.17) is 0 Å². The molecular formula is C17H21N3OS2. The lowest BCUT2D eigenvalue weighted by Gasteiger charge is -2.32. The summed E-state index contributed by atoms with van der Waals surface area (Å²) in [6.45, 7) is 1.72. The van der Waals surface area contributed by atoms with Crippen LogP contribution in [0, 0.1) is 5.92 Å². The van der Waals surface area contributed by atoms with Crippen molar-refractivity contribution >= 4 is 34.8 Å². The molecule has 6 heteroatoms. The molecule has 23 heavy (non-hydrogen) atoms. The lowest BCUT2D eigenvalue weighted by molar-refractivity contribution is 0.183. The Hall–Kier alpha value is -1.53. The van der Waals surface area contributed by atoms with Gasteiger partial charge in [0.15, 0.2) is 0 Å². The number of benzene rings is 1. The molecule has 1 saturated heterocycles. The number of thiazole rings is 1. The van der Waals surface area contributed by atoms with Gasteiger partial charge in [-0.15, -0.1) is 11.3 Å². The van der Waals surface area contributed by atoms with Crippen LogP contribution in [0.5, 0.6) is 0 Å². The molecule has 3 rings (SSSR count). The molecule has 0 unspecified atom stereocenters. The SMILES string of the molecule is CSC[C@@H]1CCCN(C(=O)Nc2ccc(-c3cscn3)cc2)C1. The van der Waals surface area contributed by atoms with Gasteiger partial charge in [0.25, 0.3) is 0 Å². The Kier molecular flexibility index (Phi) is 5.56. The number of thioether (sulfide) groups is 1. The number of aromatic nitrogens is 1. The van der Waals surface area contributed by atoms with Crippen LogP contribution in [-0.2, 0) is 0 Å². The smallest absolute Gasteiger partial charge is 0.321 e. The van der Waals surface area contributed by atoms with Crippen molar-refractivity contribution < 1.29 is 4.79 Å². The lowest BCUT2D eigenvalue weighted by Crippen LogP contribution is -2.42. The van der Waals surface area contributed by atoms with E-state index in [1.807, 2.05) is 51.8 Å². The quantitative estimate of drug-likeness (QED) is 0.890. The molecule has 1 aliphatic rings. The zero-order chi connectivity index (χ0) is 16.1. The van der Waals surface area contributed by atoms with Crippen molar-refractivity contribution in [2.45, 2.75) is 12.8 Å². The molecule has 0 radical (unpaired) electrons. The number of nitrogens with zero attached hydrogens (tertiary/aromatic N) is 2. The van der Waals surface area contributed by atoms with E-state index in [1.165, 1.54) is 6.42 Å². The highest BCUT2D eigenvalue weighted by molar-refractivity contribution is 7.98. The highest BCUT2D eigenvalue weighted by Gasteiger charge is 2.23. The van der Waals surface area contributed by atoms with Gasteiger partial charge in [0.1, 0.15) is 0 Å². The number of piperidine rings is 1. The van der Waals surface area contributed by atoms with Gasteiger partial charge >= 0.3 is 6.03 Å². The number of hydrogen-bond donors (Lipinski definition) is 1. The number of likely N-dealkylation sites (tertiary alicyclic amines) is 1. The molecular weight excluding hydrogens is 326 g/mol. The molecule has 0 aliphatic carbocycles. The van der Waals surface area contributed by atoms with Crippen molar-refractivity contribution in [3.8, 4) is 11.3 Å². The zero-order valence-corrected chi connectivity index (χ0v) is 14.8. The zero-order valence-electron chi connectivity index (χ0n) is 13.2. The molecule has 0 bridgehead atoms. The third kappa shape index (κ3) is 4.26. The van der Waals surface area contributed by atoms with Crippen LogP contribution < -0.4 is 5.32 Å². The Morgan fingerprint density at radius 3 is 2.96 bits per heavy atom. The van der Waals surface area contributed by atoms with Gasteiger partial charge in [-0.05, 0) is 42.9 Å². The molecule has 122 valence electrons. The number of urea groups is 1. The van der Waals surface area contributed by atoms with Crippen molar-refractivity contribution in [1.82, 2.24) is 9.88 Å². The summed E-state index contributed by atoms with van der Waals surface area (Å²) in [4.78, 5) is 18.7. The molecule has 0 saturated carbocycles. The minimum absolute atomic E-state index is 0.0113. The summed E-state index contributed by atoms with van der Waals surface area (Å²) in [5, 5.41) is 5.03. The molecule has 1 aromatic heterocycles. The Morgan fingerprint density at radius 1 is 1.43 bits per heavy atom. The molecule has 4 nitrogen and oxygen atoms in total. The van der Waals surface area contributed by atoms with E-state index in [2.05, 4.69) is 16.6 Å². The van der Waals surface area contributed by atoms with E-state index < -0.39 is 0 Å². The molecule has 1 aliphatic heterocycles. The molecule has 1 N–H and O–H groups in total. The normalized spacial score (nSPS) is 18.0. The van der Waals surface area contributed by atoms with Crippen LogP contribution in [0.4, 0.5) is 10.5 Å². The summed E-state index contributed by atoms with van der Waals surface area (Å²) < 4.78 is 0. The van der Waals surface area contributed by atoms with Gasteiger partial charge in [0.05, 0.1) is 11.2 Å². The minimum atomic E-state index is 0.0113. The van der Waals surface area contributed by atoms with Gasteiger partial charge in [0, 0.05) is 29.7 Å². The summed E-state index contributed by atoms with van der Waals surface area (Å²) in [7, 11) is 0. The molecule has 0 spiro atoms. The van der Waals surface area contributed by atoms with E-state index in [9.17, 15) is 4.79 Å². The van der Waals surface area contributed by atoms with Crippen molar-refractivity contribution in [3.63, 3.8) is 0 Å². The summed E-state index contributed by atoms with van der Waals surface area (Å²) in [6, 6.07) is 7.89. The lowest BCUT2D eigenvalue weighted by atomic mass is 10.0. The van der Waals surface area contributed by atoms with Gasteiger partial charge in [-0.25, -0.2) is 9.78 Å². The fourth-order valence-electron chi connectivity index (χ4n) is 2.90. The summed E-state index contributed by atoms with van der Waals surface area (Å²) in [5.74, 6) is 1.75. The second kappa shape index (κ2) is 7.84. The largest absolute Gasteiger partial charge is 0.324 e. The molecule has 1 atom stereocenters. The van der Waals surface area contributed by atoms with Gasteiger partial charge in [-0.2, -0.15) is 11.8 Å². The predicted molar refractivity (Wildman–Crippen MR) is 99.2 cm³/mol. The summed E-state index contributed by atoms with van der Waals surface area (Å²) in [6.07, 6.45) is 4.46. The van der Waals surface area contributed by atoms with Crippen LogP contribution in [0.2, 0.25) is 0 Å². The highest BCUT2D eigenvalue weighted by atomic mass is 32.2. The Bertz CT molecular complexity index is 626. The van der Waals surface area contributed by atoms with Crippen LogP contribution in [0.3, 0.4) is 0 Å². The summed E-state index contributed by atoms with van der Waals surface area (Å²) >= 11 is 3.45. The monoisotopic (exact) mass is 347 g/mol. The van der Waals surface area contributed by atoms with Crippen LogP contribution in [0.15, 0.2) is 35.2 Å². The van der Waals surface area contributed by atoms with Crippen LogP contribution >= 0.6 is 23.1 Å². The fourth-order valence-corrected chi connectivity index (χ4v) is 4.21. The summed E-state index contributed by atoms with van der Waals surface area (Å²) in [5.41, 5.74) is 4.71. The number of anilines is 1. The first kappa shape index (κ1) is 16.3. The van der Waals surface area contributed by atoms with Gasteiger partial charge in [-0.3, -0.25) is 0 Å². The highest BCUT2D eigenvalue weighted by Crippen LogP contribution is 2.23. The first-order chi connectivity index (χ1) is 11.3. The number of amides is 2. The average Bonchev–Trinajstić information content (AvgIpc) is 3.11. The molecule has 1 fully saturated rings. The van der Waals surface area contributed by atoms with Crippen LogP contribution in [-0.4, -0.2) is 41.0 Å². The third-order valence-electron chi connectivity index (χ3n) is 4.07. The Balaban J connectivity index is 1.59. The fraction of sp³-hybridized carbons (Fsp3) is 0.412. The predicted octanol–water partition coefficient (Wildman–Crippen LogP) is 4.42. The van der Waals surface area contributed by atoms with E-state index in [0.717, 1.165) is 42.2 Å². The standard InChI is InChI=1S/C17H21N3OS2/c1-22-10-13-3-2-8-20(9-13)17(21)19-15-6-4-14(5-7-15)16-11-23-12-18-16/h4-7,11-13H,2-3,8-10H2,1H3,(H,19,21)/t13-/m1/s1. The molecule has 2 amide bonds. The second-order valence-corrected chi connectivity index (χ2v) is 7.42. The van der Waals surface area contributed by atoms with Gasteiger partial charge < -0.3 is 10.2 Å². The number of carbonyl (C=O) groups excluding carboxylic acids is 1. The number of carbonyl (C=O) groups is 1. The second-order valence-electron chi connectivity index (χ2n) is 5.79. The first-order valence-electron chi connectivity index (χ1n) is 7.80. The third-order valence-corrected chi connectivity index (χ3v) is 5.46. The maximum Gasteiger partial charge on any atom is 0.321 e. The molecule has 1 aromatic carbocycles. The van der Waals surface area contributed by atoms with E-state index in [-0.39, 0.29) is 6.03 Å².